The molecule has 0 saturated carbocycles. The Hall–Kier alpha value is -2.76. The first-order chi connectivity index (χ1) is 11.4. The molecule has 7 nitrogen and oxygen atoms in total. The quantitative estimate of drug-likeness (QED) is 0.525. The molecule has 0 radical (unpaired) electrons. The average Bonchev–Trinajstić information content (AvgIpc) is 2.54. The van der Waals surface area contributed by atoms with E-state index < -0.39 is 19.0 Å². The van der Waals surface area contributed by atoms with Gasteiger partial charge >= 0.3 is 13.1 Å². The van der Waals surface area contributed by atoms with Crippen molar-refractivity contribution in [3.05, 3.63) is 52.6 Å². The monoisotopic (exact) mass is 328 g/mol. The third-order valence-corrected chi connectivity index (χ3v) is 3.69. The van der Waals surface area contributed by atoms with Crippen molar-refractivity contribution in [1.82, 2.24) is 0 Å². The standard InChI is InChI=1S/C16H17BN2O5/c1-3-23-16(20)13-9(2)24-15(19)11(8-18)14(13)10-6-4-5-7-12(10)17(21)22/h4-7,14,21-22H,3,19H2,1-2H3. The lowest BCUT2D eigenvalue weighted by Crippen LogP contribution is -2.36. The predicted octanol–water partition coefficient (Wildman–Crippen LogP) is 0.0112. The van der Waals surface area contributed by atoms with Crippen LogP contribution in [0.25, 0.3) is 0 Å². The van der Waals surface area contributed by atoms with Crippen molar-refractivity contribution in [3.8, 4) is 6.07 Å². The van der Waals surface area contributed by atoms with Crippen molar-refractivity contribution in [1.29, 1.82) is 5.26 Å². The minimum Gasteiger partial charge on any atom is -0.463 e. The normalized spacial score (nSPS) is 17.2. The van der Waals surface area contributed by atoms with Gasteiger partial charge in [0.2, 0.25) is 5.88 Å². The molecule has 24 heavy (non-hydrogen) atoms. The first-order valence-electron chi connectivity index (χ1n) is 7.32. The van der Waals surface area contributed by atoms with Crippen LogP contribution in [-0.4, -0.2) is 29.7 Å². The molecular formula is C16H17BN2O5. The molecule has 1 aliphatic heterocycles. The molecule has 8 heteroatoms. The fourth-order valence-corrected chi connectivity index (χ4v) is 2.67. The molecule has 0 amide bonds. The molecule has 0 bridgehead atoms. The summed E-state index contributed by atoms with van der Waals surface area (Å²) in [6.45, 7) is 3.35. The Balaban J connectivity index is 2.70. The summed E-state index contributed by atoms with van der Waals surface area (Å²) < 4.78 is 10.4. The van der Waals surface area contributed by atoms with Gasteiger partial charge in [0.1, 0.15) is 17.4 Å². The summed E-state index contributed by atoms with van der Waals surface area (Å²) in [5, 5.41) is 28.7. The molecule has 2 rings (SSSR count). The van der Waals surface area contributed by atoms with Gasteiger partial charge < -0.3 is 25.3 Å². The number of carbonyl (C=O) groups is 1. The third-order valence-electron chi connectivity index (χ3n) is 3.69. The number of nitrogens with two attached hydrogens (primary N) is 1. The van der Waals surface area contributed by atoms with Gasteiger partial charge in [-0.1, -0.05) is 24.3 Å². The first kappa shape index (κ1) is 17.6. The SMILES string of the molecule is CCOC(=O)C1=C(C)OC(N)=C(C#N)C1c1ccccc1B(O)O. The van der Waals surface area contributed by atoms with Crippen molar-refractivity contribution in [2.45, 2.75) is 19.8 Å². The van der Waals surface area contributed by atoms with E-state index in [-0.39, 0.29) is 34.9 Å². The Morgan fingerprint density at radius 1 is 1.46 bits per heavy atom. The molecule has 1 aromatic rings. The number of esters is 1. The topological polar surface area (TPSA) is 126 Å². The Morgan fingerprint density at radius 2 is 2.12 bits per heavy atom. The molecule has 0 aliphatic carbocycles. The molecule has 0 spiro atoms. The van der Waals surface area contributed by atoms with E-state index in [0.717, 1.165) is 0 Å². The number of hydrogen-bond acceptors (Lipinski definition) is 7. The van der Waals surface area contributed by atoms with E-state index >= 15 is 0 Å². The molecule has 1 aliphatic rings. The number of allylic oxidation sites excluding steroid dienone is 2. The van der Waals surface area contributed by atoms with E-state index in [1.807, 2.05) is 6.07 Å². The number of carbonyl (C=O) groups excluding carboxylic acids is 1. The Kier molecular flexibility index (Phi) is 5.29. The maximum absolute atomic E-state index is 12.4. The van der Waals surface area contributed by atoms with Gasteiger partial charge in [-0.25, -0.2) is 4.79 Å². The van der Waals surface area contributed by atoms with Crippen LogP contribution in [0.2, 0.25) is 0 Å². The zero-order valence-corrected chi connectivity index (χ0v) is 13.3. The number of hydrogen-bond donors (Lipinski definition) is 3. The molecule has 1 aromatic carbocycles. The molecular weight excluding hydrogens is 311 g/mol. The van der Waals surface area contributed by atoms with Gasteiger partial charge in [-0.3, -0.25) is 0 Å². The van der Waals surface area contributed by atoms with Gasteiger partial charge in [0.25, 0.3) is 0 Å². The highest BCUT2D eigenvalue weighted by atomic mass is 16.5. The van der Waals surface area contributed by atoms with Crippen molar-refractivity contribution < 1.29 is 24.3 Å². The average molecular weight is 328 g/mol. The Bertz CT molecular complexity index is 764. The van der Waals surface area contributed by atoms with E-state index in [2.05, 4.69) is 0 Å². The van der Waals surface area contributed by atoms with Crippen molar-refractivity contribution in [3.63, 3.8) is 0 Å². The summed E-state index contributed by atoms with van der Waals surface area (Å²) >= 11 is 0. The summed E-state index contributed by atoms with van der Waals surface area (Å²) in [7, 11) is -1.77. The number of ether oxygens (including phenoxy) is 2. The van der Waals surface area contributed by atoms with Crippen molar-refractivity contribution >= 4 is 18.6 Å². The van der Waals surface area contributed by atoms with E-state index in [1.165, 1.54) is 13.0 Å². The molecule has 1 unspecified atom stereocenters. The van der Waals surface area contributed by atoms with Gasteiger partial charge in [0.05, 0.1) is 18.1 Å². The van der Waals surface area contributed by atoms with Crippen LogP contribution >= 0.6 is 0 Å². The van der Waals surface area contributed by atoms with Crippen LogP contribution in [0, 0.1) is 11.3 Å². The highest BCUT2D eigenvalue weighted by Crippen LogP contribution is 2.38. The smallest absolute Gasteiger partial charge is 0.463 e. The van der Waals surface area contributed by atoms with Gasteiger partial charge in [-0.15, -0.1) is 0 Å². The van der Waals surface area contributed by atoms with Crippen molar-refractivity contribution in [2.24, 2.45) is 5.73 Å². The van der Waals surface area contributed by atoms with Crippen molar-refractivity contribution in [2.75, 3.05) is 6.61 Å². The van der Waals surface area contributed by atoms with Crippen LogP contribution in [0.15, 0.2) is 47.1 Å². The van der Waals surface area contributed by atoms with Gasteiger partial charge in [-0.2, -0.15) is 5.26 Å². The summed E-state index contributed by atoms with van der Waals surface area (Å²) in [6.07, 6.45) is 0. The highest BCUT2D eigenvalue weighted by molar-refractivity contribution is 6.59. The number of nitriles is 1. The molecule has 1 heterocycles. The van der Waals surface area contributed by atoms with Gasteiger partial charge in [0.15, 0.2) is 0 Å². The van der Waals surface area contributed by atoms with E-state index in [0.29, 0.717) is 5.56 Å². The maximum atomic E-state index is 12.4. The zero-order chi connectivity index (χ0) is 17.9. The lowest BCUT2D eigenvalue weighted by molar-refractivity contribution is -0.139. The minimum absolute atomic E-state index is 0.0109. The maximum Gasteiger partial charge on any atom is 0.488 e. The Labute approximate surface area is 139 Å². The number of nitrogens with zero attached hydrogens (tertiary/aromatic N) is 1. The molecule has 124 valence electrons. The molecule has 1 atom stereocenters. The second-order valence-electron chi connectivity index (χ2n) is 5.12. The van der Waals surface area contributed by atoms with Crippen LogP contribution in [0.4, 0.5) is 0 Å². The first-order valence-corrected chi connectivity index (χ1v) is 7.32. The second-order valence-corrected chi connectivity index (χ2v) is 5.12. The largest absolute Gasteiger partial charge is 0.488 e. The highest BCUT2D eigenvalue weighted by Gasteiger charge is 2.38. The van der Waals surface area contributed by atoms with Crippen LogP contribution in [0.5, 0.6) is 0 Å². The van der Waals surface area contributed by atoms with E-state index in [9.17, 15) is 20.1 Å². The lowest BCUT2D eigenvalue weighted by atomic mass is 9.70. The van der Waals surface area contributed by atoms with E-state index in [4.69, 9.17) is 15.2 Å². The predicted molar refractivity (Wildman–Crippen MR) is 86.3 cm³/mol. The summed E-state index contributed by atoms with van der Waals surface area (Å²) in [6, 6.07) is 8.33. The van der Waals surface area contributed by atoms with Crippen LogP contribution < -0.4 is 11.2 Å². The molecule has 0 saturated heterocycles. The molecule has 4 N–H and O–H groups in total. The summed E-state index contributed by atoms with van der Waals surface area (Å²) in [5.74, 6) is -1.48. The Morgan fingerprint density at radius 3 is 2.71 bits per heavy atom. The van der Waals surface area contributed by atoms with E-state index in [1.54, 1.807) is 25.1 Å². The van der Waals surface area contributed by atoms with Crippen LogP contribution in [-0.2, 0) is 14.3 Å². The number of benzene rings is 1. The number of rotatable bonds is 4. The minimum atomic E-state index is -1.77. The zero-order valence-electron chi connectivity index (χ0n) is 13.3. The second kappa shape index (κ2) is 7.21. The fraction of sp³-hybridized carbons (Fsp3) is 0.250. The van der Waals surface area contributed by atoms with Crippen LogP contribution in [0.1, 0.15) is 25.3 Å². The summed E-state index contributed by atoms with van der Waals surface area (Å²) in [4.78, 5) is 12.4. The van der Waals surface area contributed by atoms with Gasteiger partial charge in [0, 0.05) is 0 Å². The summed E-state index contributed by atoms with van der Waals surface area (Å²) in [5.41, 5.74) is 6.45. The van der Waals surface area contributed by atoms with Crippen LogP contribution in [0.3, 0.4) is 0 Å². The lowest BCUT2D eigenvalue weighted by Gasteiger charge is -2.28. The third kappa shape index (κ3) is 3.13. The van der Waals surface area contributed by atoms with Gasteiger partial charge in [-0.05, 0) is 24.9 Å². The molecule has 0 aromatic heterocycles. The fourth-order valence-electron chi connectivity index (χ4n) is 2.67. The molecule has 0 fully saturated rings.